The lowest BCUT2D eigenvalue weighted by atomic mass is 10.2. The Bertz CT molecular complexity index is 581. The zero-order valence-electron chi connectivity index (χ0n) is 12.7. The van der Waals surface area contributed by atoms with Crippen LogP contribution in [0.5, 0.6) is 0 Å². The van der Waals surface area contributed by atoms with Gasteiger partial charge in [-0.15, -0.1) is 6.58 Å². The van der Waals surface area contributed by atoms with Gasteiger partial charge in [0.1, 0.15) is 6.61 Å². The van der Waals surface area contributed by atoms with Crippen molar-refractivity contribution in [2.45, 2.75) is 6.42 Å². The lowest BCUT2D eigenvalue weighted by Gasteiger charge is -2.21. The molecule has 0 aromatic heterocycles. The quantitative estimate of drug-likeness (QED) is 0.551. The Kier molecular flexibility index (Phi) is 6.39. The maximum Gasteiger partial charge on any atom is 0.253 e. The van der Waals surface area contributed by atoms with E-state index >= 15 is 0 Å². The summed E-state index contributed by atoms with van der Waals surface area (Å²) in [5.74, 6) is -0.0563. The highest BCUT2D eigenvalue weighted by Crippen LogP contribution is 2.13. The number of hydrogen-bond donors (Lipinski definition) is 0. The van der Waals surface area contributed by atoms with Crippen molar-refractivity contribution >= 4 is 11.6 Å². The zero-order chi connectivity index (χ0) is 15.6. The minimum absolute atomic E-state index is 0.0563. The van der Waals surface area contributed by atoms with Crippen molar-refractivity contribution in [3.63, 3.8) is 0 Å². The monoisotopic (exact) mass is 295 g/mol. The van der Waals surface area contributed by atoms with E-state index in [2.05, 4.69) is 18.7 Å². The van der Waals surface area contributed by atoms with E-state index in [0.717, 1.165) is 12.1 Å². The Morgan fingerprint density at radius 2 is 1.68 bits per heavy atom. The molecule has 0 aliphatic carbocycles. The highest BCUT2D eigenvalue weighted by molar-refractivity contribution is 5.94. The molecule has 114 valence electrons. The third-order valence-electron chi connectivity index (χ3n) is 3.28. The fourth-order valence-electron chi connectivity index (χ4n) is 2.16. The van der Waals surface area contributed by atoms with Gasteiger partial charge in [0.2, 0.25) is 0 Å². The van der Waals surface area contributed by atoms with Crippen LogP contribution in [0.2, 0.25) is 0 Å². The van der Waals surface area contributed by atoms with Crippen LogP contribution < -0.4 is 4.90 Å². The predicted octanol–water partition coefficient (Wildman–Crippen LogP) is 3.46. The van der Waals surface area contributed by atoms with Gasteiger partial charge in [-0.3, -0.25) is 4.79 Å². The number of rotatable bonds is 8. The maximum absolute atomic E-state index is 12.3. The molecule has 2 rings (SSSR count). The fourth-order valence-corrected chi connectivity index (χ4v) is 2.16. The van der Waals surface area contributed by atoms with Crippen molar-refractivity contribution in [1.29, 1.82) is 0 Å². The van der Waals surface area contributed by atoms with E-state index in [-0.39, 0.29) is 12.5 Å². The summed E-state index contributed by atoms with van der Waals surface area (Å²) in [7, 11) is 0. The van der Waals surface area contributed by atoms with Crippen LogP contribution in [0.15, 0.2) is 73.3 Å². The first kappa shape index (κ1) is 16.0. The second-order valence-electron chi connectivity index (χ2n) is 4.92. The number of benzene rings is 2. The van der Waals surface area contributed by atoms with Crippen molar-refractivity contribution < 1.29 is 9.53 Å². The average molecular weight is 295 g/mol. The minimum atomic E-state index is -0.0563. The molecule has 3 heteroatoms. The molecule has 1 amide bonds. The molecule has 2 aromatic carbocycles. The van der Waals surface area contributed by atoms with Gasteiger partial charge in [0.05, 0.1) is 6.61 Å². The first-order chi connectivity index (χ1) is 10.8. The number of para-hydroxylation sites is 1. The van der Waals surface area contributed by atoms with Crippen LogP contribution in [0, 0.1) is 0 Å². The molecule has 0 aliphatic rings. The standard InChI is InChI=1S/C19H21NO2/c1-2-14-20(18-11-7-4-8-12-18)19(21)16-22-15-13-17-9-5-3-6-10-17/h2-12H,1,13-16H2. The molecule has 0 radical (unpaired) electrons. The topological polar surface area (TPSA) is 29.5 Å². The molecule has 22 heavy (non-hydrogen) atoms. The van der Waals surface area contributed by atoms with E-state index in [4.69, 9.17) is 4.74 Å². The SMILES string of the molecule is C=CCN(C(=O)COCCc1ccccc1)c1ccccc1. The number of nitrogens with zero attached hydrogens (tertiary/aromatic N) is 1. The average Bonchev–Trinajstić information content (AvgIpc) is 2.58. The second-order valence-corrected chi connectivity index (χ2v) is 4.92. The lowest BCUT2D eigenvalue weighted by molar-refractivity contribution is -0.122. The zero-order valence-corrected chi connectivity index (χ0v) is 12.7. The van der Waals surface area contributed by atoms with Crippen molar-refractivity contribution in [2.24, 2.45) is 0 Å². The van der Waals surface area contributed by atoms with Crippen LogP contribution in [0.3, 0.4) is 0 Å². The molecule has 0 saturated heterocycles. The largest absolute Gasteiger partial charge is 0.371 e. The molecule has 0 spiro atoms. The summed E-state index contributed by atoms with van der Waals surface area (Å²) in [6.45, 7) is 4.80. The predicted molar refractivity (Wildman–Crippen MR) is 90.0 cm³/mol. The molecule has 0 saturated carbocycles. The molecule has 0 atom stereocenters. The minimum Gasteiger partial charge on any atom is -0.371 e. The van der Waals surface area contributed by atoms with Crippen LogP contribution in [-0.4, -0.2) is 25.7 Å². The number of amides is 1. The van der Waals surface area contributed by atoms with Gasteiger partial charge in [0.25, 0.3) is 5.91 Å². The van der Waals surface area contributed by atoms with Crippen molar-refractivity contribution in [3.8, 4) is 0 Å². The fraction of sp³-hybridized carbons (Fsp3) is 0.211. The second kappa shape index (κ2) is 8.80. The van der Waals surface area contributed by atoms with Gasteiger partial charge < -0.3 is 9.64 Å². The molecule has 0 unspecified atom stereocenters. The molecule has 0 bridgehead atoms. The molecule has 0 heterocycles. The smallest absolute Gasteiger partial charge is 0.253 e. The summed E-state index contributed by atoms with van der Waals surface area (Å²) in [6.07, 6.45) is 2.52. The molecule has 3 nitrogen and oxygen atoms in total. The van der Waals surface area contributed by atoms with Gasteiger partial charge in [0.15, 0.2) is 0 Å². The van der Waals surface area contributed by atoms with Crippen LogP contribution in [0.4, 0.5) is 5.69 Å². The van der Waals surface area contributed by atoms with E-state index in [0.29, 0.717) is 13.2 Å². The molecule has 0 N–H and O–H groups in total. The Morgan fingerprint density at radius 3 is 2.32 bits per heavy atom. The summed E-state index contributed by atoms with van der Waals surface area (Å²) in [5.41, 5.74) is 2.07. The summed E-state index contributed by atoms with van der Waals surface area (Å²) in [4.78, 5) is 14.0. The number of hydrogen-bond acceptors (Lipinski definition) is 2. The number of anilines is 1. The van der Waals surface area contributed by atoms with Gasteiger partial charge >= 0.3 is 0 Å². The van der Waals surface area contributed by atoms with Gasteiger partial charge in [0, 0.05) is 12.2 Å². The number of carbonyl (C=O) groups is 1. The van der Waals surface area contributed by atoms with Crippen LogP contribution in [0.1, 0.15) is 5.56 Å². The van der Waals surface area contributed by atoms with Crippen molar-refractivity contribution in [3.05, 3.63) is 78.9 Å². The van der Waals surface area contributed by atoms with Gasteiger partial charge in [-0.05, 0) is 24.1 Å². The van der Waals surface area contributed by atoms with Gasteiger partial charge in [-0.2, -0.15) is 0 Å². The molecule has 2 aromatic rings. The normalized spacial score (nSPS) is 10.2. The summed E-state index contributed by atoms with van der Waals surface area (Å²) < 4.78 is 5.52. The highest BCUT2D eigenvalue weighted by Gasteiger charge is 2.13. The first-order valence-electron chi connectivity index (χ1n) is 7.39. The number of ether oxygens (including phenoxy) is 1. The van der Waals surface area contributed by atoms with Crippen LogP contribution >= 0.6 is 0 Å². The molecule has 0 aliphatic heterocycles. The van der Waals surface area contributed by atoms with E-state index < -0.39 is 0 Å². The van der Waals surface area contributed by atoms with E-state index in [9.17, 15) is 4.79 Å². The molecular formula is C19H21NO2. The third-order valence-corrected chi connectivity index (χ3v) is 3.28. The summed E-state index contributed by atoms with van der Waals surface area (Å²) in [6, 6.07) is 19.7. The summed E-state index contributed by atoms with van der Waals surface area (Å²) >= 11 is 0. The Labute approximate surface area is 131 Å². The Balaban J connectivity index is 1.83. The Hall–Kier alpha value is -2.39. The first-order valence-corrected chi connectivity index (χ1v) is 7.39. The van der Waals surface area contributed by atoms with Crippen molar-refractivity contribution in [2.75, 3.05) is 24.7 Å². The van der Waals surface area contributed by atoms with E-state index in [1.807, 2.05) is 48.5 Å². The lowest BCUT2D eigenvalue weighted by Crippen LogP contribution is -2.34. The van der Waals surface area contributed by atoms with Gasteiger partial charge in [-0.1, -0.05) is 54.6 Å². The van der Waals surface area contributed by atoms with Crippen LogP contribution in [0.25, 0.3) is 0 Å². The molecule has 0 fully saturated rings. The Morgan fingerprint density at radius 1 is 1.05 bits per heavy atom. The van der Waals surface area contributed by atoms with E-state index in [1.165, 1.54) is 5.56 Å². The van der Waals surface area contributed by atoms with Gasteiger partial charge in [-0.25, -0.2) is 0 Å². The third kappa shape index (κ3) is 4.86. The highest BCUT2D eigenvalue weighted by atomic mass is 16.5. The maximum atomic E-state index is 12.3. The number of carbonyl (C=O) groups excluding carboxylic acids is 1. The van der Waals surface area contributed by atoms with E-state index in [1.54, 1.807) is 11.0 Å². The van der Waals surface area contributed by atoms with Crippen LogP contribution in [-0.2, 0) is 16.0 Å². The molecular weight excluding hydrogens is 274 g/mol. The summed E-state index contributed by atoms with van der Waals surface area (Å²) in [5, 5.41) is 0. The van der Waals surface area contributed by atoms with Crippen molar-refractivity contribution in [1.82, 2.24) is 0 Å².